The summed E-state index contributed by atoms with van der Waals surface area (Å²) in [7, 11) is 1.71. The second-order valence-corrected chi connectivity index (χ2v) is 11.0. The molecule has 0 aliphatic heterocycles. The van der Waals surface area contributed by atoms with Gasteiger partial charge in [-0.25, -0.2) is 0 Å². The van der Waals surface area contributed by atoms with E-state index in [1.165, 1.54) is 35.4 Å². The number of nitrogens with zero attached hydrogens (tertiary/aromatic N) is 1. The van der Waals surface area contributed by atoms with E-state index in [1.807, 2.05) is 13.0 Å². The zero-order valence-electron chi connectivity index (χ0n) is 18.4. The van der Waals surface area contributed by atoms with Gasteiger partial charge in [-0.2, -0.15) is 0 Å². The Hall–Kier alpha value is -2.10. The molecular formula is C25H31N3OS2. The lowest BCUT2D eigenvalue weighted by atomic mass is 9.60. The van der Waals surface area contributed by atoms with E-state index >= 15 is 0 Å². The molecule has 2 aliphatic carbocycles. The van der Waals surface area contributed by atoms with Crippen LogP contribution in [-0.2, 0) is 0 Å². The minimum atomic E-state index is 0.153. The summed E-state index contributed by atoms with van der Waals surface area (Å²) in [5, 5.41) is 3.25. The van der Waals surface area contributed by atoms with Crippen LogP contribution in [0, 0.1) is 29.1 Å². The van der Waals surface area contributed by atoms with Crippen molar-refractivity contribution in [3.63, 3.8) is 0 Å². The van der Waals surface area contributed by atoms with Crippen molar-refractivity contribution in [3.05, 3.63) is 34.0 Å². The van der Waals surface area contributed by atoms with Crippen molar-refractivity contribution in [1.82, 2.24) is 5.32 Å². The topological polar surface area (TPSA) is 67.5 Å². The Kier molecular flexibility index (Phi) is 6.83. The molecular weight excluding hydrogens is 422 g/mol. The van der Waals surface area contributed by atoms with Gasteiger partial charge in [0.05, 0.1) is 9.75 Å². The summed E-state index contributed by atoms with van der Waals surface area (Å²) in [5.74, 6) is 7.66. The number of carbonyl (C=O) groups is 1. The van der Waals surface area contributed by atoms with Crippen molar-refractivity contribution in [1.29, 1.82) is 0 Å². The molecule has 4 nitrogen and oxygen atoms in total. The number of nitrogens with one attached hydrogen (secondary N) is 1. The van der Waals surface area contributed by atoms with Gasteiger partial charge in [0.25, 0.3) is 0 Å². The predicted molar refractivity (Wildman–Crippen MR) is 132 cm³/mol. The molecule has 164 valence electrons. The Bertz CT molecular complexity index is 1020. The Morgan fingerprint density at radius 2 is 1.94 bits per heavy atom. The maximum Gasteiger partial charge on any atom is 0.188 e. The monoisotopic (exact) mass is 453 g/mol. The number of hydrogen-bond acceptors (Lipinski definition) is 4. The highest BCUT2D eigenvalue weighted by Crippen LogP contribution is 2.55. The van der Waals surface area contributed by atoms with Crippen molar-refractivity contribution in [2.45, 2.75) is 51.9 Å². The van der Waals surface area contributed by atoms with E-state index in [-0.39, 0.29) is 11.3 Å². The second-order valence-electron chi connectivity index (χ2n) is 8.83. The first-order valence-electron chi connectivity index (χ1n) is 11.2. The van der Waals surface area contributed by atoms with Crippen LogP contribution in [0.2, 0.25) is 0 Å². The molecule has 2 heterocycles. The number of guanidine groups is 1. The summed E-state index contributed by atoms with van der Waals surface area (Å²) in [6.07, 6.45) is 8.03. The standard InChI is InChI=1S/C25H31N3OS2/c1-3-6-18-8-10-20(30-18)21-11-12-22(31-21)23(29)19-9-7-17(16-28-24(26)27-2)15-25(19)13-4-5-14-25/h8,10-12,17,19H,4-5,7,9,13-16H2,1-2H3,(H3,26,27,28)/t17-,19+/m0/s1. The fourth-order valence-corrected chi connectivity index (χ4v) is 7.51. The van der Waals surface area contributed by atoms with E-state index in [0.29, 0.717) is 17.7 Å². The van der Waals surface area contributed by atoms with Gasteiger partial charge in [-0.1, -0.05) is 18.8 Å². The number of carbonyl (C=O) groups excluding carboxylic acids is 1. The summed E-state index contributed by atoms with van der Waals surface area (Å²) in [6, 6.07) is 8.33. The number of aliphatic imine (C=N–C) groups is 1. The molecule has 0 radical (unpaired) electrons. The molecule has 2 atom stereocenters. The van der Waals surface area contributed by atoms with E-state index < -0.39 is 0 Å². The third-order valence-electron chi connectivity index (χ3n) is 6.97. The van der Waals surface area contributed by atoms with Crippen LogP contribution in [-0.4, -0.2) is 25.3 Å². The first kappa shape index (κ1) is 22.1. The van der Waals surface area contributed by atoms with Gasteiger partial charge in [-0.3, -0.25) is 9.79 Å². The SMILES string of the molecule is CC#Cc1ccc(-c2ccc(C(=O)[C@H]3CC[C@H](CNC(N)=NC)CC34CCCC4)s2)s1. The van der Waals surface area contributed by atoms with Crippen molar-refractivity contribution < 1.29 is 4.79 Å². The van der Waals surface area contributed by atoms with E-state index in [1.54, 1.807) is 29.7 Å². The molecule has 0 amide bonds. The fourth-order valence-electron chi connectivity index (χ4n) is 5.51. The van der Waals surface area contributed by atoms with Gasteiger partial charge >= 0.3 is 0 Å². The van der Waals surface area contributed by atoms with E-state index in [0.717, 1.165) is 35.6 Å². The quantitative estimate of drug-likeness (QED) is 0.270. The molecule has 31 heavy (non-hydrogen) atoms. The lowest BCUT2D eigenvalue weighted by molar-refractivity contribution is 0.0478. The molecule has 2 aliphatic rings. The molecule has 0 saturated heterocycles. The van der Waals surface area contributed by atoms with Gasteiger partial charge in [0.15, 0.2) is 11.7 Å². The van der Waals surface area contributed by atoms with Gasteiger partial charge in [-0.05, 0) is 74.6 Å². The number of Topliss-reactive ketones (excluding diaryl/α,β-unsaturated/α-hetero) is 1. The molecule has 2 fully saturated rings. The molecule has 0 aromatic carbocycles. The number of nitrogens with two attached hydrogens (primary N) is 1. The molecule has 2 saturated carbocycles. The second kappa shape index (κ2) is 9.58. The van der Waals surface area contributed by atoms with Crippen LogP contribution in [0.3, 0.4) is 0 Å². The Labute approximate surface area is 193 Å². The lowest BCUT2D eigenvalue weighted by Crippen LogP contribution is -2.43. The summed E-state index contributed by atoms with van der Waals surface area (Å²) in [5.41, 5.74) is 6.00. The molecule has 2 aromatic rings. The van der Waals surface area contributed by atoms with Crippen molar-refractivity contribution in [2.75, 3.05) is 13.6 Å². The van der Waals surface area contributed by atoms with Gasteiger partial charge in [0.1, 0.15) is 0 Å². The average Bonchev–Trinajstić information content (AvgIpc) is 3.53. The minimum Gasteiger partial charge on any atom is -0.370 e. The van der Waals surface area contributed by atoms with Crippen LogP contribution >= 0.6 is 22.7 Å². The highest BCUT2D eigenvalue weighted by atomic mass is 32.1. The molecule has 1 spiro atoms. The maximum absolute atomic E-state index is 13.7. The number of thiophene rings is 2. The Morgan fingerprint density at radius 1 is 1.19 bits per heavy atom. The Morgan fingerprint density at radius 3 is 2.68 bits per heavy atom. The van der Waals surface area contributed by atoms with Gasteiger partial charge in [-0.15, -0.1) is 28.6 Å². The summed E-state index contributed by atoms with van der Waals surface area (Å²) in [4.78, 5) is 22.0. The molecule has 3 N–H and O–H groups in total. The number of ketones is 1. The average molecular weight is 454 g/mol. The van der Waals surface area contributed by atoms with Crippen molar-refractivity contribution in [3.8, 4) is 21.6 Å². The van der Waals surface area contributed by atoms with Crippen LogP contribution in [0.1, 0.15) is 66.4 Å². The Balaban J connectivity index is 1.50. The third-order valence-corrected chi connectivity index (χ3v) is 9.27. The molecule has 6 heteroatoms. The summed E-state index contributed by atoms with van der Waals surface area (Å²) < 4.78 is 0. The molecule has 0 unspecified atom stereocenters. The van der Waals surface area contributed by atoms with Crippen molar-refractivity contribution >= 4 is 34.4 Å². The smallest absolute Gasteiger partial charge is 0.188 e. The van der Waals surface area contributed by atoms with Crippen molar-refractivity contribution in [2.24, 2.45) is 28.0 Å². The lowest BCUT2D eigenvalue weighted by Gasteiger charge is -2.44. The molecule has 0 bridgehead atoms. The van der Waals surface area contributed by atoms with Gasteiger partial charge in [0.2, 0.25) is 0 Å². The molecule has 4 rings (SSSR count). The van der Waals surface area contributed by atoms with E-state index in [2.05, 4.69) is 40.3 Å². The zero-order valence-corrected chi connectivity index (χ0v) is 20.0. The largest absolute Gasteiger partial charge is 0.370 e. The first-order chi connectivity index (χ1) is 15.0. The van der Waals surface area contributed by atoms with Crippen LogP contribution in [0.15, 0.2) is 29.3 Å². The predicted octanol–water partition coefficient (Wildman–Crippen LogP) is 5.54. The van der Waals surface area contributed by atoms with Gasteiger partial charge < -0.3 is 11.1 Å². The minimum absolute atomic E-state index is 0.153. The first-order valence-corrected chi connectivity index (χ1v) is 12.8. The highest BCUT2D eigenvalue weighted by Gasteiger charge is 2.48. The van der Waals surface area contributed by atoms with Crippen LogP contribution in [0.5, 0.6) is 0 Å². The fraction of sp³-hybridized carbons (Fsp3) is 0.520. The summed E-state index contributed by atoms with van der Waals surface area (Å²) in [6.45, 7) is 2.72. The summed E-state index contributed by atoms with van der Waals surface area (Å²) >= 11 is 3.35. The zero-order chi connectivity index (χ0) is 21.8. The van der Waals surface area contributed by atoms with Crippen LogP contribution in [0.25, 0.3) is 9.75 Å². The number of hydrogen-bond donors (Lipinski definition) is 2. The maximum atomic E-state index is 13.7. The van der Waals surface area contributed by atoms with Crippen LogP contribution in [0.4, 0.5) is 0 Å². The third kappa shape index (κ3) is 4.73. The van der Waals surface area contributed by atoms with E-state index in [4.69, 9.17) is 5.73 Å². The highest BCUT2D eigenvalue weighted by molar-refractivity contribution is 7.23. The molecule has 2 aromatic heterocycles. The van der Waals surface area contributed by atoms with Crippen LogP contribution < -0.4 is 11.1 Å². The van der Waals surface area contributed by atoms with Gasteiger partial charge in [0, 0.05) is 29.3 Å². The van der Waals surface area contributed by atoms with E-state index in [9.17, 15) is 4.79 Å². The normalized spacial score (nSPS) is 22.8. The number of rotatable bonds is 5.